The molecule has 2 fully saturated rings. The first-order valence-corrected chi connectivity index (χ1v) is 17.3. The first-order valence-electron chi connectivity index (χ1n) is 15.4. The minimum atomic E-state index is -2.74. The smallest absolute Gasteiger partial charge is 0.261 e. The average molecular weight is 573 g/mol. The molecular weight excluding hydrogens is 524 g/mol. The average Bonchev–Trinajstić information content (AvgIpc) is 3.71. The molecule has 4 nitrogen and oxygen atoms in total. The lowest BCUT2D eigenvalue weighted by molar-refractivity contribution is -0.158. The lowest BCUT2D eigenvalue weighted by Crippen LogP contribution is -2.69. The maximum absolute atomic E-state index is 11.0. The van der Waals surface area contributed by atoms with Crippen LogP contribution in [-0.2, 0) is 20.5 Å². The lowest BCUT2D eigenvalue weighted by atomic mass is 9.88. The molecule has 0 amide bonds. The van der Waals surface area contributed by atoms with Gasteiger partial charge in [-0.15, -0.1) is 0 Å². The van der Waals surface area contributed by atoms with Gasteiger partial charge in [-0.05, 0) is 52.1 Å². The zero-order chi connectivity index (χ0) is 29.0. The standard InChI is InChI=1S/C36H48O4Si/c1-26-21-32(26)33(37)22-29-23-34(27(2)35(39-29)25-38-24-28-15-9-6-10-16-28)40-41(36(3,4)5,30-17-11-7-12-18-30)31-19-13-8-14-20-31/h6-20,26-27,29,32-35,37H,21-25H2,1-5H3/t26-,27-,29-,32-,33+,34+,35+/m1/s1. The van der Waals surface area contributed by atoms with Crippen LogP contribution >= 0.6 is 0 Å². The highest BCUT2D eigenvalue weighted by Gasteiger charge is 2.53. The zero-order valence-electron chi connectivity index (χ0n) is 25.4. The minimum absolute atomic E-state index is 0.0193. The van der Waals surface area contributed by atoms with Crippen LogP contribution in [0.1, 0.15) is 59.4 Å². The molecule has 0 spiro atoms. The normalized spacial score (nSPS) is 27.4. The van der Waals surface area contributed by atoms with Gasteiger partial charge in [0.1, 0.15) is 0 Å². The van der Waals surface area contributed by atoms with Gasteiger partial charge in [-0.2, -0.15) is 0 Å². The summed E-state index contributed by atoms with van der Waals surface area (Å²) < 4.78 is 20.6. The second-order valence-corrected chi connectivity index (χ2v) is 17.6. The summed E-state index contributed by atoms with van der Waals surface area (Å²) in [5, 5.41) is 13.5. The molecule has 3 aromatic carbocycles. The number of ether oxygens (including phenoxy) is 2. The fourth-order valence-electron chi connectivity index (χ4n) is 6.75. The van der Waals surface area contributed by atoms with E-state index in [1.165, 1.54) is 10.4 Å². The second kappa shape index (κ2) is 12.9. The maximum Gasteiger partial charge on any atom is 0.261 e. The number of rotatable bonds is 11. The third kappa shape index (κ3) is 6.87. The van der Waals surface area contributed by atoms with Crippen LogP contribution < -0.4 is 10.4 Å². The van der Waals surface area contributed by atoms with Crippen LogP contribution in [0.4, 0.5) is 0 Å². The molecule has 3 aromatic rings. The predicted molar refractivity (Wildman–Crippen MR) is 169 cm³/mol. The minimum Gasteiger partial charge on any atom is -0.404 e. The van der Waals surface area contributed by atoms with Crippen molar-refractivity contribution in [1.29, 1.82) is 0 Å². The van der Waals surface area contributed by atoms with Gasteiger partial charge in [0.2, 0.25) is 0 Å². The van der Waals surface area contributed by atoms with Crippen LogP contribution in [-0.4, -0.2) is 44.4 Å². The van der Waals surface area contributed by atoms with Crippen molar-refractivity contribution in [2.75, 3.05) is 6.61 Å². The molecule has 0 radical (unpaired) electrons. The maximum atomic E-state index is 11.0. The number of hydrogen-bond acceptors (Lipinski definition) is 4. The van der Waals surface area contributed by atoms with Crippen LogP contribution in [0.25, 0.3) is 0 Å². The third-order valence-electron chi connectivity index (χ3n) is 9.34. The van der Waals surface area contributed by atoms with E-state index in [4.69, 9.17) is 13.9 Å². The third-order valence-corrected chi connectivity index (χ3v) is 14.4. The van der Waals surface area contributed by atoms with Crippen molar-refractivity contribution in [1.82, 2.24) is 0 Å². The molecule has 1 heterocycles. The Kier molecular flexibility index (Phi) is 9.52. The van der Waals surface area contributed by atoms with E-state index < -0.39 is 8.32 Å². The largest absolute Gasteiger partial charge is 0.404 e. The van der Waals surface area contributed by atoms with E-state index >= 15 is 0 Å². The van der Waals surface area contributed by atoms with E-state index in [1.54, 1.807) is 0 Å². The van der Waals surface area contributed by atoms with E-state index in [1.807, 2.05) is 18.2 Å². The number of benzene rings is 3. The summed E-state index contributed by atoms with van der Waals surface area (Å²) >= 11 is 0. The Morgan fingerprint density at radius 3 is 1.90 bits per heavy atom. The highest BCUT2D eigenvalue weighted by molar-refractivity contribution is 6.99. The summed E-state index contributed by atoms with van der Waals surface area (Å²) in [7, 11) is -2.74. The second-order valence-electron chi connectivity index (χ2n) is 13.4. The highest BCUT2D eigenvalue weighted by atomic mass is 28.4. The van der Waals surface area contributed by atoms with Crippen molar-refractivity contribution in [3.63, 3.8) is 0 Å². The Labute approximate surface area is 248 Å². The molecule has 1 aliphatic carbocycles. The summed E-state index contributed by atoms with van der Waals surface area (Å²) in [6.07, 6.45) is 2.01. The van der Waals surface area contributed by atoms with Gasteiger partial charge in [-0.3, -0.25) is 0 Å². The molecule has 0 aromatic heterocycles. The fourth-order valence-corrected chi connectivity index (χ4v) is 11.5. The molecule has 7 atom stereocenters. The monoisotopic (exact) mass is 572 g/mol. The molecule has 220 valence electrons. The Balaban J connectivity index is 1.45. The van der Waals surface area contributed by atoms with Gasteiger partial charge in [-0.25, -0.2) is 0 Å². The van der Waals surface area contributed by atoms with E-state index in [0.717, 1.165) is 18.4 Å². The van der Waals surface area contributed by atoms with Gasteiger partial charge < -0.3 is 19.0 Å². The molecular formula is C36H48O4Si. The summed E-state index contributed by atoms with van der Waals surface area (Å²) in [5.74, 6) is 1.13. The molecule has 1 aliphatic heterocycles. The summed E-state index contributed by atoms with van der Waals surface area (Å²) in [5.41, 5.74) is 1.16. The molecule has 0 unspecified atom stereocenters. The Morgan fingerprint density at radius 1 is 0.854 bits per heavy atom. The molecule has 5 rings (SSSR count). The molecule has 1 N–H and O–H groups in total. The van der Waals surface area contributed by atoms with Gasteiger partial charge in [0, 0.05) is 5.92 Å². The van der Waals surface area contributed by atoms with Gasteiger partial charge in [0.15, 0.2) is 0 Å². The lowest BCUT2D eigenvalue weighted by Gasteiger charge is -2.49. The Hall–Kier alpha value is -2.28. The van der Waals surface area contributed by atoms with Crippen molar-refractivity contribution in [3.8, 4) is 0 Å². The van der Waals surface area contributed by atoms with Crippen molar-refractivity contribution in [2.45, 2.75) is 89.9 Å². The quantitative estimate of drug-likeness (QED) is 0.272. The van der Waals surface area contributed by atoms with Crippen LogP contribution in [0.2, 0.25) is 5.04 Å². The number of aliphatic hydroxyl groups excluding tert-OH is 1. The van der Waals surface area contributed by atoms with Gasteiger partial charge in [-0.1, -0.05) is 126 Å². The van der Waals surface area contributed by atoms with Gasteiger partial charge >= 0.3 is 0 Å². The molecule has 0 bridgehead atoms. The fraction of sp³-hybridized carbons (Fsp3) is 0.500. The van der Waals surface area contributed by atoms with E-state index in [0.29, 0.717) is 31.5 Å². The van der Waals surface area contributed by atoms with Crippen LogP contribution in [0.5, 0.6) is 0 Å². The summed E-state index contributed by atoms with van der Waals surface area (Å²) in [4.78, 5) is 0. The van der Waals surface area contributed by atoms with E-state index in [9.17, 15) is 5.11 Å². The Morgan fingerprint density at radius 2 is 1.39 bits per heavy atom. The summed E-state index contributed by atoms with van der Waals surface area (Å²) in [6.45, 7) is 12.5. The van der Waals surface area contributed by atoms with Crippen LogP contribution in [0.15, 0.2) is 91.0 Å². The van der Waals surface area contributed by atoms with Crippen molar-refractivity contribution >= 4 is 18.7 Å². The van der Waals surface area contributed by atoms with Crippen LogP contribution in [0, 0.1) is 17.8 Å². The molecule has 5 heteroatoms. The molecule has 1 saturated carbocycles. The predicted octanol–water partition coefficient (Wildman–Crippen LogP) is 6.35. The van der Waals surface area contributed by atoms with Crippen molar-refractivity contribution in [3.05, 3.63) is 96.6 Å². The van der Waals surface area contributed by atoms with Crippen molar-refractivity contribution < 1.29 is 19.0 Å². The first-order chi connectivity index (χ1) is 19.7. The first kappa shape index (κ1) is 30.2. The number of hydrogen-bond donors (Lipinski definition) is 1. The SMILES string of the molecule is C[C@H]1[C@H](COCc2ccccc2)O[C@H](C[C@H](O)[C@@H]2C[C@H]2C)C[C@@H]1O[Si](c1ccccc1)(c1ccccc1)C(C)(C)C. The summed E-state index contributed by atoms with van der Waals surface area (Å²) in [6, 6.07) is 32.0. The number of aliphatic hydroxyl groups is 1. The van der Waals surface area contributed by atoms with Crippen molar-refractivity contribution in [2.24, 2.45) is 17.8 Å². The topological polar surface area (TPSA) is 47.9 Å². The molecule has 41 heavy (non-hydrogen) atoms. The Bertz CT molecular complexity index is 1170. The highest BCUT2D eigenvalue weighted by Crippen LogP contribution is 2.44. The van der Waals surface area contributed by atoms with E-state index in [-0.39, 0.29) is 35.4 Å². The molecule has 1 saturated heterocycles. The molecule has 2 aliphatic rings. The zero-order valence-corrected chi connectivity index (χ0v) is 26.4. The van der Waals surface area contributed by atoms with Crippen LogP contribution in [0.3, 0.4) is 0 Å². The van der Waals surface area contributed by atoms with Gasteiger partial charge in [0.05, 0.1) is 37.6 Å². The van der Waals surface area contributed by atoms with E-state index in [2.05, 4.69) is 107 Å². The van der Waals surface area contributed by atoms with Gasteiger partial charge in [0.25, 0.3) is 8.32 Å².